The molecule has 3 aromatic rings. The Kier molecular flexibility index (Phi) is 4.81. The molecule has 2 unspecified atom stereocenters. The number of benzene rings is 1. The number of fused-ring (bicyclic) bond motifs is 2. The van der Waals surface area contributed by atoms with Crippen LogP contribution in [-0.4, -0.2) is 43.6 Å². The van der Waals surface area contributed by atoms with Crippen molar-refractivity contribution in [3.05, 3.63) is 77.6 Å². The summed E-state index contributed by atoms with van der Waals surface area (Å²) in [6, 6.07) is 14.0. The van der Waals surface area contributed by atoms with E-state index in [1.807, 2.05) is 53.4 Å². The highest BCUT2D eigenvalue weighted by Gasteiger charge is 2.39. The van der Waals surface area contributed by atoms with E-state index in [9.17, 15) is 4.79 Å². The molecule has 7 heteroatoms. The fourth-order valence-electron chi connectivity index (χ4n) is 4.53. The van der Waals surface area contributed by atoms with Crippen molar-refractivity contribution < 1.29 is 4.79 Å². The van der Waals surface area contributed by atoms with Crippen LogP contribution in [0.3, 0.4) is 0 Å². The zero-order valence-electron chi connectivity index (χ0n) is 16.2. The molecule has 0 saturated carbocycles. The summed E-state index contributed by atoms with van der Waals surface area (Å²) >= 11 is 0. The van der Waals surface area contributed by atoms with Crippen LogP contribution in [0, 0.1) is 11.8 Å². The number of hydrogen-bond donors (Lipinski definition) is 1. The zero-order chi connectivity index (χ0) is 19.6. The van der Waals surface area contributed by atoms with E-state index in [0.717, 1.165) is 44.0 Å². The van der Waals surface area contributed by atoms with Gasteiger partial charge in [0, 0.05) is 51.5 Å². The van der Waals surface area contributed by atoms with Crippen LogP contribution in [0.2, 0.25) is 0 Å². The van der Waals surface area contributed by atoms with Crippen LogP contribution in [0.25, 0.3) is 0 Å². The van der Waals surface area contributed by atoms with Gasteiger partial charge in [0.2, 0.25) is 5.82 Å². The summed E-state index contributed by atoms with van der Waals surface area (Å²) in [7, 11) is 0. The summed E-state index contributed by atoms with van der Waals surface area (Å²) in [5.41, 5.74) is 2.31. The molecule has 0 bridgehead atoms. The first-order valence-electron chi connectivity index (χ1n) is 10.1. The molecule has 1 N–H and O–H groups in total. The van der Waals surface area contributed by atoms with Gasteiger partial charge in [0.25, 0.3) is 5.91 Å². The molecule has 1 amide bonds. The molecule has 2 aliphatic rings. The Bertz CT molecular complexity index is 987. The number of nitrogens with one attached hydrogen (secondary N) is 1. The summed E-state index contributed by atoms with van der Waals surface area (Å²) in [5, 5.41) is 11.5. The van der Waals surface area contributed by atoms with Gasteiger partial charge < -0.3 is 9.88 Å². The lowest BCUT2D eigenvalue weighted by Crippen LogP contribution is -2.32. The van der Waals surface area contributed by atoms with E-state index in [0.29, 0.717) is 24.2 Å². The largest absolute Gasteiger partial charge is 0.345 e. The highest BCUT2D eigenvalue weighted by molar-refractivity contribution is 5.90. The summed E-state index contributed by atoms with van der Waals surface area (Å²) in [6.07, 6.45) is 4.63. The predicted octanol–water partition coefficient (Wildman–Crippen LogP) is 1.91. The van der Waals surface area contributed by atoms with E-state index in [2.05, 4.69) is 31.5 Å². The molecule has 1 aromatic carbocycles. The second-order valence-corrected chi connectivity index (χ2v) is 8.00. The van der Waals surface area contributed by atoms with E-state index in [1.165, 1.54) is 5.56 Å². The molecule has 1 saturated heterocycles. The van der Waals surface area contributed by atoms with Crippen molar-refractivity contribution in [2.75, 3.05) is 13.1 Å². The fraction of sp³-hybridized carbons (Fsp3) is 0.364. The average Bonchev–Trinajstić information content (AvgIpc) is 3.34. The summed E-state index contributed by atoms with van der Waals surface area (Å²) in [6.45, 7) is 4.31. The first kappa shape index (κ1) is 18.0. The van der Waals surface area contributed by atoms with Crippen LogP contribution >= 0.6 is 0 Å². The van der Waals surface area contributed by atoms with Crippen molar-refractivity contribution in [2.45, 2.75) is 26.1 Å². The number of carbonyl (C=O) groups excluding carboxylic acids is 1. The van der Waals surface area contributed by atoms with Crippen molar-refractivity contribution in [3.63, 3.8) is 0 Å². The van der Waals surface area contributed by atoms with E-state index in [4.69, 9.17) is 0 Å². The maximum absolute atomic E-state index is 12.7. The van der Waals surface area contributed by atoms with Gasteiger partial charge >= 0.3 is 0 Å². The highest BCUT2D eigenvalue weighted by atomic mass is 16.2. The normalized spacial score (nSPS) is 20.8. The highest BCUT2D eigenvalue weighted by Crippen LogP contribution is 2.33. The molecular weight excluding hydrogens is 364 g/mol. The van der Waals surface area contributed by atoms with Gasteiger partial charge in [-0.15, -0.1) is 10.2 Å². The standard InChI is InChI=1S/C22H24N6O/c29-22(24-11-16-5-2-1-3-6-16)21-26-25-20-9-18-13-27(14-19(18)15-28(20)21)12-17-7-4-8-23-10-17/h1-8,10,18-19H,9,11-15H2,(H,24,29). The number of pyridine rings is 1. The van der Waals surface area contributed by atoms with Crippen molar-refractivity contribution in [3.8, 4) is 0 Å². The quantitative estimate of drug-likeness (QED) is 0.723. The van der Waals surface area contributed by atoms with Crippen LogP contribution < -0.4 is 5.32 Å². The molecule has 1 fully saturated rings. The van der Waals surface area contributed by atoms with E-state index in [1.54, 1.807) is 0 Å². The molecule has 0 radical (unpaired) electrons. The minimum absolute atomic E-state index is 0.156. The van der Waals surface area contributed by atoms with Crippen molar-refractivity contribution >= 4 is 5.91 Å². The molecule has 0 aliphatic carbocycles. The van der Waals surface area contributed by atoms with E-state index in [-0.39, 0.29) is 5.91 Å². The molecule has 0 spiro atoms. The lowest BCUT2D eigenvalue weighted by atomic mass is 9.89. The summed E-state index contributed by atoms with van der Waals surface area (Å²) in [4.78, 5) is 19.4. The SMILES string of the molecule is O=C(NCc1ccccc1)c1nnc2n1CC1CN(Cc3cccnc3)CC1C2. The monoisotopic (exact) mass is 388 g/mol. The molecule has 148 valence electrons. The number of amides is 1. The van der Waals surface area contributed by atoms with Crippen LogP contribution in [0.4, 0.5) is 0 Å². The first-order chi connectivity index (χ1) is 14.3. The van der Waals surface area contributed by atoms with Crippen molar-refractivity contribution in [2.24, 2.45) is 11.8 Å². The van der Waals surface area contributed by atoms with Gasteiger partial charge in [-0.25, -0.2) is 0 Å². The van der Waals surface area contributed by atoms with E-state index < -0.39 is 0 Å². The maximum Gasteiger partial charge on any atom is 0.289 e. The molecule has 7 nitrogen and oxygen atoms in total. The number of hydrogen-bond acceptors (Lipinski definition) is 5. The van der Waals surface area contributed by atoms with Crippen LogP contribution in [-0.2, 0) is 26.1 Å². The minimum Gasteiger partial charge on any atom is -0.345 e. The van der Waals surface area contributed by atoms with Gasteiger partial charge in [0.05, 0.1) is 0 Å². The number of rotatable bonds is 5. The van der Waals surface area contributed by atoms with Gasteiger partial charge in [0.15, 0.2) is 0 Å². The van der Waals surface area contributed by atoms with Gasteiger partial charge in [0.1, 0.15) is 5.82 Å². The zero-order valence-corrected chi connectivity index (χ0v) is 16.2. The molecule has 2 atom stereocenters. The summed E-state index contributed by atoms with van der Waals surface area (Å²) < 4.78 is 2.02. The Labute approximate surface area is 169 Å². The average molecular weight is 388 g/mol. The predicted molar refractivity (Wildman–Crippen MR) is 108 cm³/mol. The lowest BCUT2D eigenvalue weighted by molar-refractivity contribution is 0.0932. The molecule has 2 aromatic heterocycles. The van der Waals surface area contributed by atoms with Gasteiger partial charge in [-0.3, -0.25) is 14.7 Å². The van der Waals surface area contributed by atoms with Crippen molar-refractivity contribution in [1.29, 1.82) is 0 Å². The fourth-order valence-corrected chi connectivity index (χ4v) is 4.53. The van der Waals surface area contributed by atoms with E-state index >= 15 is 0 Å². The first-order valence-corrected chi connectivity index (χ1v) is 10.1. The second-order valence-electron chi connectivity index (χ2n) is 8.00. The van der Waals surface area contributed by atoms with Crippen LogP contribution in [0.15, 0.2) is 54.9 Å². The Balaban J connectivity index is 1.24. The molecule has 5 rings (SSSR count). The van der Waals surface area contributed by atoms with Gasteiger partial charge in [-0.1, -0.05) is 36.4 Å². The summed E-state index contributed by atoms with van der Waals surface area (Å²) in [5.74, 6) is 2.30. The van der Waals surface area contributed by atoms with Crippen molar-refractivity contribution in [1.82, 2.24) is 30.0 Å². The molecule has 4 heterocycles. The second kappa shape index (κ2) is 7.75. The smallest absolute Gasteiger partial charge is 0.289 e. The number of nitrogens with zero attached hydrogens (tertiary/aromatic N) is 5. The third kappa shape index (κ3) is 3.78. The third-order valence-electron chi connectivity index (χ3n) is 5.97. The maximum atomic E-state index is 12.7. The Hall–Kier alpha value is -3.06. The van der Waals surface area contributed by atoms with Gasteiger partial charge in [-0.05, 0) is 29.0 Å². The molecule has 29 heavy (non-hydrogen) atoms. The Morgan fingerprint density at radius 1 is 1.00 bits per heavy atom. The molecular formula is C22H24N6O. The van der Waals surface area contributed by atoms with Crippen LogP contribution in [0.1, 0.15) is 27.6 Å². The van der Waals surface area contributed by atoms with Crippen LogP contribution in [0.5, 0.6) is 0 Å². The Morgan fingerprint density at radius 2 is 1.83 bits per heavy atom. The number of aromatic nitrogens is 4. The topological polar surface area (TPSA) is 75.9 Å². The lowest BCUT2D eigenvalue weighted by Gasteiger charge is -2.25. The van der Waals surface area contributed by atoms with Gasteiger partial charge in [-0.2, -0.15) is 0 Å². The molecule has 2 aliphatic heterocycles. The number of carbonyl (C=O) groups is 1. The number of likely N-dealkylation sites (tertiary alicyclic amines) is 1. The minimum atomic E-state index is -0.156. The third-order valence-corrected chi connectivity index (χ3v) is 5.97. The Morgan fingerprint density at radius 3 is 2.66 bits per heavy atom.